The van der Waals surface area contributed by atoms with E-state index in [1.54, 1.807) is 0 Å². The van der Waals surface area contributed by atoms with E-state index in [4.69, 9.17) is 8.94 Å². The Kier molecular flexibility index (Phi) is 4.02. The van der Waals surface area contributed by atoms with Crippen LogP contribution in [0.1, 0.15) is 28.1 Å². The van der Waals surface area contributed by atoms with Gasteiger partial charge in [0.1, 0.15) is 5.76 Å². The molecule has 0 aliphatic heterocycles. The summed E-state index contributed by atoms with van der Waals surface area (Å²) < 4.78 is 10.9. The third kappa shape index (κ3) is 2.92. The van der Waals surface area contributed by atoms with Gasteiger partial charge in [0.25, 0.3) is 5.22 Å². The molecule has 2 aromatic heterocycles. The number of aryl methyl sites for hydroxylation is 4. The molecule has 0 N–H and O–H groups in total. The minimum Gasteiger partial charge on any atom is -0.411 e. The number of hydrogen-bond donors (Lipinski definition) is 0. The molecule has 3 aromatic rings. The Labute approximate surface area is 133 Å². The predicted molar refractivity (Wildman–Crippen MR) is 84.7 cm³/mol. The third-order valence-corrected chi connectivity index (χ3v) is 4.53. The van der Waals surface area contributed by atoms with Crippen LogP contribution in [0.3, 0.4) is 0 Å². The van der Waals surface area contributed by atoms with E-state index in [-0.39, 0.29) is 0 Å². The van der Waals surface area contributed by atoms with E-state index >= 15 is 0 Å². The van der Waals surface area contributed by atoms with Crippen LogP contribution >= 0.6 is 11.8 Å². The molecule has 114 valence electrons. The summed E-state index contributed by atoms with van der Waals surface area (Å²) in [5.41, 5.74) is 5.38. The molecule has 0 saturated heterocycles. The quantitative estimate of drug-likeness (QED) is 0.671. The maximum absolute atomic E-state index is 5.73. The van der Waals surface area contributed by atoms with Crippen LogP contribution in [0.5, 0.6) is 0 Å². The number of nitrogens with zero attached hydrogens (tertiary/aromatic N) is 3. The molecule has 0 unspecified atom stereocenters. The molecular formula is C16H17N3O2S. The Morgan fingerprint density at radius 3 is 2.55 bits per heavy atom. The van der Waals surface area contributed by atoms with Crippen LogP contribution < -0.4 is 0 Å². The first kappa shape index (κ1) is 14.8. The van der Waals surface area contributed by atoms with Crippen LogP contribution in [-0.4, -0.2) is 15.4 Å². The second-order valence-corrected chi connectivity index (χ2v) is 6.19. The molecule has 1 aromatic carbocycles. The SMILES string of the molecule is Cc1ccc(-c2nnc(SCc3c(C)noc3C)o2)cc1C. The number of hydrogen-bond acceptors (Lipinski definition) is 6. The molecule has 6 heteroatoms. The van der Waals surface area contributed by atoms with Gasteiger partial charge in [-0.3, -0.25) is 0 Å². The summed E-state index contributed by atoms with van der Waals surface area (Å²) in [6.07, 6.45) is 0. The smallest absolute Gasteiger partial charge is 0.277 e. The van der Waals surface area contributed by atoms with Gasteiger partial charge in [-0.25, -0.2) is 0 Å². The number of benzene rings is 1. The van der Waals surface area contributed by atoms with Gasteiger partial charge in [-0.1, -0.05) is 23.0 Å². The van der Waals surface area contributed by atoms with Crippen molar-refractivity contribution in [3.63, 3.8) is 0 Å². The summed E-state index contributed by atoms with van der Waals surface area (Å²) in [7, 11) is 0. The molecule has 0 spiro atoms. The van der Waals surface area contributed by atoms with Crippen LogP contribution in [0.25, 0.3) is 11.5 Å². The fraction of sp³-hybridized carbons (Fsp3) is 0.312. The van der Waals surface area contributed by atoms with Gasteiger partial charge in [0.15, 0.2) is 0 Å². The Bertz CT molecular complexity index is 788. The zero-order valence-electron chi connectivity index (χ0n) is 13.0. The number of rotatable bonds is 4. The normalized spacial score (nSPS) is 11.1. The van der Waals surface area contributed by atoms with Gasteiger partial charge in [-0.2, -0.15) is 0 Å². The van der Waals surface area contributed by atoms with Gasteiger partial charge >= 0.3 is 0 Å². The van der Waals surface area contributed by atoms with Crippen molar-refractivity contribution < 1.29 is 8.94 Å². The lowest BCUT2D eigenvalue weighted by Crippen LogP contribution is -1.84. The van der Waals surface area contributed by atoms with Gasteiger partial charge in [0.2, 0.25) is 5.89 Å². The first-order chi connectivity index (χ1) is 10.5. The second kappa shape index (κ2) is 5.96. The highest BCUT2D eigenvalue weighted by atomic mass is 32.2. The van der Waals surface area contributed by atoms with E-state index < -0.39 is 0 Å². The first-order valence-electron chi connectivity index (χ1n) is 7.00. The topological polar surface area (TPSA) is 65.0 Å². The largest absolute Gasteiger partial charge is 0.411 e. The molecule has 0 amide bonds. The highest BCUT2D eigenvalue weighted by Gasteiger charge is 2.13. The molecule has 0 radical (unpaired) electrons. The summed E-state index contributed by atoms with van der Waals surface area (Å²) in [6.45, 7) is 7.99. The molecule has 0 bridgehead atoms. The van der Waals surface area contributed by atoms with Crippen LogP contribution in [0.15, 0.2) is 32.4 Å². The van der Waals surface area contributed by atoms with Crippen molar-refractivity contribution in [2.45, 2.75) is 38.7 Å². The first-order valence-corrected chi connectivity index (χ1v) is 7.99. The number of aromatic nitrogens is 3. The van der Waals surface area contributed by atoms with E-state index in [0.29, 0.717) is 16.9 Å². The zero-order valence-corrected chi connectivity index (χ0v) is 13.8. The van der Waals surface area contributed by atoms with Crippen molar-refractivity contribution in [1.29, 1.82) is 0 Å². The van der Waals surface area contributed by atoms with Crippen molar-refractivity contribution in [2.75, 3.05) is 0 Å². The molecule has 22 heavy (non-hydrogen) atoms. The number of thioether (sulfide) groups is 1. The Morgan fingerprint density at radius 2 is 1.86 bits per heavy atom. The lowest BCUT2D eigenvalue weighted by Gasteiger charge is -2.00. The van der Waals surface area contributed by atoms with Gasteiger partial charge in [-0.05, 0) is 51.0 Å². The fourth-order valence-electron chi connectivity index (χ4n) is 2.10. The molecule has 0 aliphatic carbocycles. The van der Waals surface area contributed by atoms with Crippen LogP contribution in [0.4, 0.5) is 0 Å². The van der Waals surface area contributed by atoms with E-state index in [9.17, 15) is 0 Å². The highest BCUT2D eigenvalue weighted by molar-refractivity contribution is 7.98. The average molecular weight is 315 g/mol. The van der Waals surface area contributed by atoms with Crippen molar-refractivity contribution in [3.8, 4) is 11.5 Å². The monoisotopic (exact) mass is 315 g/mol. The Hall–Kier alpha value is -2.08. The standard InChI is InChI=1S/C16H17N3O2S/c1-9-5-6-13(7-10(9)2)15-17-18-16(20-15)22-8-14-11(3)19-21-12(14)4/h5-7H,8H2,1-4H3. The Morgan fingerprint density at radius 1 is 1.05 bits per heavy atom. The summed E-state index contributed by atoms with van der Waals surface area (Å²) >= 11 is 1.49. The van der Waals surface area contributed by atoms with Crippen LogP contribution in [-0.2, 0) is 5.75 Å². The van der Waals surface area contributed by atoms with E-state index in [1.165, 1.54) is 22.9 Å². The molecule has 5 nitrogen and oxygen atoms in total. The zero-order chi connectivity index (χ0) is 15.7. The minimum atomic E-state index is 0.546. The molecule has 3 rings (SSSR count). The maximum atomic E-state index is 5.73. The lowest BCUT2D eigenvalue weighted by molar-refractivity contribution is 0.392. The summed E-state index contributed by atoms with van der Waals surface area (Å²) in [6, 6.07) is 6.12. The highest BCUT2D eigenvalue weighted by Crippen LogP contribution is 2.28. The lowest BCUT2D eigenvalue weighted by atomic mass is 10.1. The fourth-order valence-corrected chi connectivity index (χ4v) is 3.02. The third-order valence-electron chi connectivity index (χ3n) is 3.68. The van der Waals surface area contributed by atoms with E-state index in [2.05, 4.69) is 41.3 Å². The molecule has 2 heterocycles. The van der Waals surface area contributed by atoms with Crippen molar-refractivity contribution in [3.05, 3.63) is 46.3 Å². The van der Waals surface area contributed by atoms with E-state index in [0.717, 1.165) is 22.6 Å². The van der Waals surface area contributed by atoms with Gasteiger partial charge < -0.3 is 8.94 Å². The predicted octanol–water partition coefficient (Wildman–Crippen LogP) is 4.25. The van der Waals surface area contributed by atoms with Crippen LogP contribution in [0, 0.1) is 27.7 Å². The van der Waals surface area contributed by atoms with Crippen molar-refractivity contribution in [1.82, 2.24) is 15.4 Å². The Balaban J connectivity index is 1.75. The molecule has 0 atom stereocenters. The van der Waals surface area contributed by atoms with Gasteiger partial charge in [-0.15, -0.1) is 10.2 Å². The van der Waals surface area contributed by atoms with Crippen LogP contribution in [0.2, 0.25) is 0 Å². The second-order valence-electron chi connectivity index (χ2n) is 5.26. The molecule has 0 fully saturated rings. The van der Waals surface area contributed by atoms with Crippen molar-refractivity contribution in [2.24, 2.45) is 0 Å². The molecule has 0 aliphatic rings. The van der Waals surface area contributed by atoms with Gasteiger partial charge in [0, 0.05) is 16.9 Å². The maximum Gasteiger partial charge on any atom is 0.277 e. The summed E-state index contributed by atoms with van der Waals surface area (Å²) in [5, 5.41) is 12.7. The molecular weight excluding hydrogens is 298 g/mol. The average Bonchev–Trinajstić information content (AvgIpc) is 3.08. The minimum absolute atomic E-state index is 0.546. The summed E-state index contributed by atoms with van der Waals surface area (Å²) in [5.74, 6) is 2.08. The van der Waals surface area contributed by atoms with Gasteiger partial charge in [0.05, 0.1) is 5.69 Å². The molecule has 0 saturated carbocycles. The van der Waals surface area contributed by atoms with Crippen molar-refractivity contribution >= 4 is 11.8 Å². The van der Waals surface area contributed by atoms with E-state index in [1.807, 2.05) is 19.9 Å². The summed E-state index contributed by atoms with van der Waals surface area (Å²) in [4.78, 5) is 0.